The van der Waals surface area contributed by atoms with Crippen molar-refractivity contribution in [3.05, 3.63) is 46.7 Å². The molecule has 3 rings (SSSR count). The molecule has 0 radical (unpaired) electrons. The number of imidazole rings is 1. The van der Waals surface area contributed by atoms with Gasteiger partial charge in [0, 0.05) is 16.1 Å². The summed E-state index contributed by atoms with van der Waals surface area (Å²) in [4.78, 5) is 17.0. The molecule has 1 aromatic heterocycles. The number of aromatic nitrogens is 2. The molecule has 1 heterocycles. The summed E-state index contributed by atoms with van der Waals surface area (Å²) in [6.45, 7) is 3.93. The number of carbonyl (C=O) groups excluding carboxylic acids is 1. The van der Waals surface area contributed by atoms with Crippen LogP contribution in [0.4, 0.5) is 4.39 Å². The molecular formula is C19H19BrFN3O2. The molecule has 0 aliphatic rings. The molecule has 0 fully saturated rings. The lowest BCUT2D eigenvalue weighted by Crippen LogP contribution is -2.33. The lowest BCUT2D eigenvalue weighted by Gasteiger charge is -2.12. The minimum Gasteiger partial charge on any atom is -0.494 e. The normalized spacial score (nSPS) is 11.2. The molecule has 0 aliphatic carbocycles. The molecule has 0 aliphatic heterocycles. The molecule has 0 spiro atoms. The minimum absolute atomic E-state index is 0.0402. The molecule has 3 aromatic rings. The fourth-order valence-electron chi connectivity index (χ4n) is 2.79. The van der Waals surface area contributed by atoms with Gasteiger partial charge in [-0.05, 0) is 50.2 Å². The van der Waals surface area contributed by atoms with Crippen molar-refractivity contribution in [2.24, 2.45) is 0 Å². The van der Waals surface area contributed by atoms with E-state index in [2.05, 4.69) is 26.2 Å². The van der Waals surface area contributed by atoms with Crippen LogP contribution in [0.15, 0.2) is 40.9 Å². The summed E-state index contributed by atoms with van der Waals surface area (Å²) in [6, 6.07) is 10.3. The number of benzene rings is 2. The molecule has 26 heavy (non-hydrogen) atoms. The van der Waals surface area contributed by atoms with E-state index < -0.39 is 5.82 Å². The van der Waals surface area contributed by atoms with Crippen molar-refractivity contribution in [1.29, 1.82) is 0 Å². The van der Waals surface area contributed by atoms with E-state index in [1.54, 1.807) is 12.1 Å². The quantitative estimate of drug-likeness (QED) is 0.675. The minimum atomic E-state index is -0.445. The topological polar surface area (TPSA) is 56.2 Å². The zero-order valence-corrected chi connectivity index (χ0v) is 16.3. The third-order valence-electron chi connectivity index (χ3n) is 3.87. The summed E-state index contributed by atoms with van der Waals surface area (Å²) in [5.41, 5.74) is 2.24. The van der Waals surface area contributed by atoms with Crippen molar-refractivity contribution in [1.82, 2.24) is 14.9 Å². The molecule has 0 unspecified atom stereocenters. The molecule has 0 saturated heterocycles. The van der Waals surface area contributed by atoms with Gasteiger partial charge in [0.15, 0.2) is 11.6 Å². The van der Waals surface area contributed by atoms with Crippen LogP contribution in [0, 0.1) is 5.82 Å². The zero-order valence-electron chi connectivity index (χ0n) is 14.7. The number of halogens is 2. The van der Waals surface area contributed by atoms with E-state index in [9.17, 15) is 9.18 Å². The summed E-state index contributed by atoms with van der Waals surface area (Å²) >= 11 is 3.46. The van der Waals surface area contributed by atoms with Crippen molar-refractivity contribution in [3.63, 3.8) is 0 Å². The highest BCUT2D eigenvalue weighted by molar-refractivity contribution is 9.10. The Bertz CT molecular complexity index is 969. The molecular weight excluding hydrogens is 401 g/mol. The monoisotopic (exact) mass is 419 g/mol. The number of carbonyl (C=O) groups is 1. The summed E-state index contributed by atoms with van der Waals surface area (Å²) in [5.74, 6) is 0.151. The Kier molecular flexibility index (Phi) is 5.27. The van der Waals surface area contributed by atoms with Crippen LogP contribution >= 0.6 is 15.9 Å². The summed E-state index contributed by atoms with van der Waals surface area (Å²) in [5, 5.41) is 2.89. The highest BCUT2D eigenvalue weighted by Crippen LogP contribution is 2.30. The number of amides is 1. The maximum Gasteiger partial charge on any atom is 0.240 e. The summed E-state index contributed by atoms with van der Waals surface area (Å²) in [7, 11) is 1.42. The van der Waals surface area contributed by atoms with Crippen LogP contribution in [-0.4, -0.2) is 28.6 Å². The molecule has 2 aromatic carbocycles. The second-order valence-corrected chi connectivity index (χ2v) is 7.14. The van der Waals surface area contributed by atoms with Gasteiger partial charge in [0.2, 0.25) is 5.91 Å². The second kappa shape index (κ2) is 7.45. The van der Waals surface area contributed by atoms with E-state index in [0.29, 0.717) is 11.4 Å². The van der Waals surface area contributed by atoms with Crippen molar-refractivity contribution >= 4 is 32.9 Å². The SMILES string of the molecule is COc1cc(-c2nc3ccc(Br)cc3n2CC(=O)NC(C)C)ccc1F. The Morgan fingerprint density at radius 3 is 2.77 bits per heavy atom. The predicted molar refractivity (Wildman–Crippen MR) is 103 cm³/mol. The van der Waals surface area contributed by atoms with Crippen molar-refractivity contribution in [3.8, 4) is 17.1 Å². The molecule has 0 saturated carbocycles. The van der Waals surface area contributed by atoms with Crippen LogP contribution in [0.2, 0.25) is 0 Å². The number of nitrogens with one attached hydrogen (secondary N) is 1. The highest BCUT2D eigenvalue weighted by Gasteiger charge is 2.17. The number of ether oxygens (including phenoxy) is 1. The predicted octanol–water partition coefficient (Wildman–Crippen LogP) is 4.14. The molecule has 136 valence electrons. The van der Waals surface area contributed by atoms with Gasteiger partial charge >= 0.3 is 0 Å². The summed E-state index contributed by atoms with van der Waals surface area (Å²) < 4.78 is 21.6. The third kappa shape index (κ3) is 3.72. The van der Waals surface area contributed by atoms with Crippen LogP contribution in [0.5, 0.6) is 5.75 Å². The fourth-order valence-corrected chi connectivity index (χ4v) is 3.14. The van der Waals surface area contributed by atoms with E-state index in [-0.39, 0.29) is 24.2 Å². The standard InChI is InChI=1S/C19H19BrFN3O2/c1-11(2)22-18(25)10-24-16-9-13(20)5-7-15(16)23-19(24)12-4-6-14(21)17(8-12)26-3/h4-9,11H,10H2,1-3H3,(H,22,25). The first-order valence-electron chi connectivity index (χ1n) is 8.18. The van der Waals surface area contributed by atoms with Gasteiger partial charge < -0.3 is 14.6 Å². The first-order chi connectivity index (χ1) is 12.4. The van der Waals surface area contributed by atoms with Crippen molar-refractivity contribution < 1.29 is 13.9 Å². The van der Waals surface area contributed by atoms with Gasteiger partial charge in [0.05, 0.1) is 18.1 Å². The molecule has 0 bridgehead atoms. The van der Waals surface area contributed by atoms with E-state index in [1.807, 2.05) is 36.6 Å². The molecule has 0 atom stereocenters. The number of hydrogen-bond acceptors (Lipinski definition) is 3. The van der Waals surface area contributed by atoms with E-state index in [0.717, 1.165) is 15.5 Å². The van der Waals surface area contributed by atoms with Gasteiger partial charge in [-0.15, -0.1) is 0 Å². The van der Waals surface area contributed by atoms with Gasteiger partial charge in [-0.2, -0.15) is 0 Å². The van der Waals surface area contributed by atoms with Crippen LogP contribution in [0.25, 0.3) is 22.4 Å². The first-order valence-corrected chi connectivity index (χ1v) is 8.97. The van der Waals surface area contributed by atoms with Crippen molar-refractivity contribution in [2.45, 2.75) is 26.4 Å². The van der Waals surface area contributed by atoms with Gasteiger partial charge in [-0.25, -0.2) is 9.37 Å². The number of methoxy groups -OCH3 is 1. The number of hydrogen-bond donors (Lipinski definition) is 1. The van der Waals surface area contributed by atoms with Gasteiger partial charge in [0.1, 0.15) is 12.4 Å². The lowest BCUT2D eigenvalue weighted by atomic mass is 10.2. The molecule has 7 heteroatoms. The first kappa shape index (κ1) is 18.4. The maximum absolute atomic E-state index is 13.8. The van der Waals surface area contributed by atoms with Gasteiger partial charge in [-0.3, -0.25) is 4.79 Å². The molecule has 5 nitrogen and oxygen atoms in total. The number of nitrogens with zero attached hydrogens (tertiary/aromatic N) is 2. The average Bonchev–Trinajstić information content (AvgIpc) is 2.92. The van der Waals surface area contributed by atoms with Crippen LogP contribution < -0.4 is 10.1 Å². The largest absolute Gasteiger partial charge is 0.494 e. The van der Waals surface area contributed by atoms with E-state index in [1.165, 1.54) is 13.2 Å². The highest BCUT2D eigenvalue weighted by atomic mass is 79.9. The average molecular weight is 420 g/mol. The maximum atomic E-state index is 13.8. The van der Waals surface area contributed by atoms with Crippen LogP contribution in [0.3, 0.4) is 0 Å². The second-order valence-electron chi connectivity index (χ2n) is 6.23. The Balaban J connectivity index is 2.15. The molecule has 1 amide bonds. The Morgan fingerprint density at radius 2 is 2.08 bits per heavy atom. The Morgan fingerprint density at radius 1 is 1.31 bits per heavy atom. The Labute approximate surface area is 159 Å². The van der Waals surface area contributed by atoms with E-state index >= 15 is 0 Å². The van der Waals surface area contributed by atoms with Gasteiger partial charge in [-0.1, -0.05) is 15.9 Å². The third-order valence-corrected chi connectivity index (χ3v) is 4.36. The van der Waals surface area contributed by atoms with Crippen LogP contribution in [-0.2, 0) is 11.3 Å². The van der Waals surface area contributed by atoms with Crippen molar-refractivity contribution in [2.75, 3.05) is 7.11 Å². The zero-order chi connectivity index (χ0) is 18.8. The lowest BCUT2D eigenvalue weighted by molar-refractivity contribution is -0.122. The Hall–Kier alpha value is -2.41. The smallest absolute Gasteiger partial charge is 0.240 e. The summed E-state index contributed by atoms with van der Waals surface area (Å²) in [6.07, 6.45) is 0. The van der Waals surface area contributed by atoms with E-state index in [4.69, 9.17) is 4.74 Å². The molecule has 1 N–H and O–H groups in total. The number of fused-ring (bicyclic) bond motifs is 1. The van der Waals surface area contributed by atoms with Gasteiger partial charge in [0.25, 0.3) is 0 Å². The number of rotatable bonds is 5. The fraction of sp³-hybridized carbons (Fsp3) is 0.263. The van der Waals surface area contributed by atoms with Crippen LogP contribution in [0.1, 0.15) is 13.8 Å².